The van der Waals surface area contributed by atoms with Crippen molar-refractivity contribution in [1.29, 1.82) is 0 Å². The summed E-state index contributed by atoms with van der Waals surface area (Å²) in [7, 11) is 0. The van der Waals surface area contributed by atoms with Gasteiger partial charge in [0, 0.05) is 12.4 Å². The molecule has 4 nitrogen and oxygen atoms in total. The van der Waals surface area contributed by atoms with Crippen molar-refractivity contribution in [3.05, 3.63) is 35.1 Å². The van der Waals surface area contributed by atoms with E-state index in [1.165, 1.54) is 10.6 Å². The lowest BCUT2D eigenvalue weighted by Crippen LogP contribution is -2.06. The number of nitrogen functional groups attached to an aromatic ring is 2. The van der Waals surface area contributed by atoms with Gasteiger partial charge in [0.15, 0.2) is 5.82 Å². The quantitative estimate of drug-likeness (QED) is 0.751. The zero-order chi connectivity index (χ0) is 11.9. The molecule has 0 aliphatic heterocycles. The highest BCUT2D eigenvalue weighted by atomic mass is 35.5. The Bertz CT molecular complexity index is 550. The Hall–Kier alpha value is -1.75. The first-order valence-electron chi connectivity index (χ1n) is 4.55. The zero-order valence-electron chi connectivity index (χ0n) is 8.54. The van der Waals surface area contributed by atoms with E-state index in [4.69, 9.17) is 23.1 Å². The van der Waals surface area contributed by atoms with Gasteiger partial charge in [-0.1, -0.05) is 11.6 Å². The fourth-order valence-corrected chi connectivity index (χ4v) is 1.66. The van der Waals surface area contributed by atoms with Crippen LogP contribution in [0.3, 0.4) is 0 Å². The molecule has 6 heteroatoms. The summed E-state index contributed by atoms with van der Waals surface area (Å²) in [6.07, 6.45) is 3.16. The summed E-state index contributed by atoms with van der Waals surface area (Å²) in [5.41, 5.74) is 11.8. The summed E-state index contributed by atoms with van der Waals surface area (Å²) >= 11 is 5.73. The first kappa shape index (κ1) is 10.8. The molecule has 1 aromatic carbocycles. The molecule has 0 bridgehead atoms. The second kappa shape index (κ2) is 3.68. The van der Waals surface area contributed by atoms with Crippen LogP contribution in [0, 0.1) is 12.7 Å². The minimum atomic E-state index is -0.639. The molecule has 0 unspecified atom stereocenters. The highest BCUT2D eigenvalue weighted by molar-refractivity contribution is 6.33. The lowest BCUT2D eigenvalue weighted by molar-refractivity contribution is 0.618. The fourth-order valence-electron chi connectivity index (χ4n) is 1.52. The fraction of sp³-hybridized carbons (Fsp3) is 0.100. The van der Waals surface area contributed by atoms with Crippen LogP contribution in [0.25, 0.3) is 5.69 Å². The molecule has 0 fully saturated rings. The maximum absolute atomic E-state index is 13.9. The molecule has 0 aliphatic carbocycles. The van der Waals surface area contributed by atoms with Gasteiger partial charge < -0.3 is 11.5 Å². The molecule has 0 amide bonds. The predicted molar refractivity (Wildman–Crippen MR) is 62.1 cm³/mol. The standard InChI is InChI=1S/C10H10ClFN4/c1-5-15-2-3-16(5)10-7(14)4-6(13)8(11)9(10)12/h2-4H,13-14H2,1H3. The molecule has 0 saturated heterocycles. The van der Waals surface area contributed by atoms with E-state index in [2.05, 4.69) is 4.98 Å². The number of anilines is 2. The third-order valence-electron chi connectivity index (χ3n) is 2.31. The van der Waals surface area contributed by atoms with Crippen molar-refractivity contribution >= 4 is 23.0 Å². The topological polar surface area (TPSA) is 69.9 Å². The van der Waals surface area contributed by atoms with E-state index < -0.39 is 5.82 Å². The smallest absolute Gasteiger partial charge is 0.170 e. The van der Waals surface area contributed by atoms with Gasteiger partial charge in [-0.3, -0.25) is 4.57 Å². The molecule has 4 N–H and O–H groups in total. The van der Waals surface area contributed by atoms with E-state index >= 15 is 0 Å². The summed E-state index contributed by atoms with van der Waals surface area (Å²) in [5.74, 6) is -0.0216. The largest absolute Gasteiger partial charge is 0.397 e. The summed E-state index contributed by atoms with van der Waals surface area (Å²) in [5, 5.41) is -0.127. The Morgan fingerprint density at radius 1 is 1.38 bits per heavy atom. The molecule has 0 spiro atoms. The number of hydrogen-bond donors (Lipinski definition) is 2. The first-order chi connectivity index (χ1) is 7.52. The summed E-state index contributed by atoms with van der Waals surface area (Å²) in [6, 6.07) is 1.43. The van der Waals surface area contributed by atoms with Gasteiger partial charge >= 0.3 is 0 Å². The molecular weight excluding hydrogens is 231 g/mol. The van der Waals surface area contributed by atoms with Gasteiger partial charge in [0.2, 0.25) is 0 Å². The molecule has 84 valence electrons. The van der Waals surface area contributed by atoms with E-state index in [9.17, 15) is 4.39 Å². The number of benzene rings is 1. The van der Waals surface area contributed by atoms with E-state index in [0.29, 0.717) is 5.82 Å². The molecule has 1 heterocycles. The van der Waals surface area contributed by atoms with Gasteiger partial charge in [-0.05, 0) is 13.0 Å². The van der Waals surface area contributed by atoms with Gasteiger partial charge in [0.25, 0.3) is 0 Å². The Kier molecular flexibility index (Phi) is 2.47. The third kappa shape index (κ3) is 1.49. The molecular formula is C10H10ClFN4. The number of aryl methyl sites for hydroxylation is 1. The molecule has 16 heavy (non-hydrogen) atoms. The van der Waals surface area contributed by atoms with Crippen molar-refractivity contribution in [2.75, 3.05) is 11.5 Å². The lowest BCUT2D eigenvalue weighted by Gasteiger charge is -2.12. The maximum atomic E-state index is 13.9. The van der Waals surface area contributed by atoms with Gasteiger partial charge in [0.1, 0.15) is 16.5 Å². The number of nitrogens with zero attached hydrogens (tertiary/aromatic N) is 2. The molecule has 2 aromatic rings. The van der Waals surface area contributed by atoms with Gasteiger partial charge in [-0.2, -0.15) is 0 Å². The number of aromatic nitrogens is 2. The van der Waals surface area contributed by atoms with Gasteiger partial charge in [-0.15, -0.1) is 0 Å². The average molecular weight is 241 g/mol. The van der Waals surface area contributed by atoms with Crippen molar-refractivity contribution in [2.45, 2.75) is 6.92 Å². The van der Waals surface area contributed by atoms with E-state index in [1.807, 2.05) is 0 Å². The first-order valence-corrected chi connectivity index (χ1v) is 4.93. The summed E-state index contributed by atoms with van der Waals surface area (Å²) in [6.45, 7) is 1.74. The van der Waals surface area contributed by atoms with Crippen LogP contribution in [0.5, 0.6) is 0 Å². The molecule has 2 rings (SSSR count). The van der Waals surface area contributed by atoms with E-state index in [0.717, 1.165) is 0 Å². The normalized spacial score (nSPS) is 10.7. The van der Waals surface area contributed by atoms with Crippen molar-refractivity contribution in [2.24, 2.45) is 0 Å². The minimum absolute atomic E-state index is 0.123. The highest BCUT2D eigenvalue weighted by Gasteiger charge is 2.16. The third-order valence-corrected chi connectivity index (χ3v) is 2.69. The van der Waals surface area contributed by atoms with E-state index in [1.54, 1.807) is 19.3 Å². The Balaban J connectivity index is 2.76. The van der Waals surface area contributed by atoms with Crippen LogP contribution < -0.4 is 11.5 Å². The molecule has 0 radical (unpaired) electrons. The summed E-state index contributed by atoms with van der Waals surface area (Å²) in [4.78, 5) is 3.99. The predicted octanol–water partition coefficient (Wildman–Crippen LogP) is 2.14. The number of hydrogen-bond acceptors (Lipinski definition) is 3. The minimum Gasteiger partial charge on any atom is -0.397 e. The Morgan fingerprint density at radius 3 is 2.62 bits per heavy atom. The lowest BCUT2D eigenvalue weighted by atomic mass is 10.2. The number of nitrogens with two attached hydrogens (primary N) is 2. The highest BCUT2D eigenvalue weighted by Crippen LogP contribution is 2.32. The van der Waals surface area contributed by atoms with Crippen molar-refractivity contribution in [3.63, 3.8) is 0 Å². The van der Waals surface area contributed by atoms with Crippen LogP contribution in [0.2, 0.25) is 5.02 Å². The average Bonchev–Trinajstić information content (AvgIpc) is 2.62. The summed E-state index contributed by atoms with van der Waals surface area (Å²) < 4.78 is 15.4. The van der Waals surface area contributed by atoms with Gasteiger partial charge in [0.05, 0.1) is 11.4 Å². The van der Waals surface area contributed by atoms with Gasteiger partial charge in [-0.25, -0.2) is 9.37 Å². The van der Waals surface area contributed by atoms with Crippen LogP contribution in [0.4, 0.5) is 15.8 Å². The molecule has 0 saturated carbocycles. The Labute approximate surface area is 96.6 Å². The van der Waals surface area contributed by atoms with Crippen molar-refractivity contribution in [3.8, 4) is 5.69 Å². The van der Waals surface area contributed by atoms with Crippen LogP contribution in [0.15, 0.2) is 18.5 Å². The molecule has 0 atom stereocenters. The maximum Gasteiger partial charge on any atom is 0.170 e. The molecule has 1 aromatic heterocycles. The van der Waals surface area contributed by atoms with Crippen LogP contribution in [0.1, 0.15) is 5.82 Å². The number of rotatable bonds is 1. The van der Waals surface area contributed by atoms with Crippen molar-refractivity contribution < 1.29 is 4.39 Å². The number of halogens is 2. The SMILES string of the molecule is Cc1nccn1-c1c(N)cc(N)c(Cl)c1F. The number of imidazole rings is 1. The van der Waals surface area contributed by atoms with Crippen LogP contribution in [-0.2, 0) is 0 Å². The molecule has 0 aliphatic rings. The van der Waals surface area contributed by atoms with E-state index in [-0.39, 0.29) is 22.1 Å². The zero-order valence-corrected chi connectivity index (χ0v) is 9.29. The van der Waals surface area contributed by atoms with Crippen LogP contribution in [-0.4, -0.2) is 9.55 Å². The van der Waals surface area contributed by atoms with Crippen molar-refractivity contribution in [1.82, 2.24) is 9.55 Å². The Morgan fingerprint density at radius 2 is 2.06 bits per heavy atom. The monoisotopic (exact) mass is 240 g/mol. The van der Waals surface area contributed by atoms with Crippen LogP contribution >= 0.6 is 11.6 Å². The second-order valence-corrected chi connectivity index (χ2v) is 3.75. The second-order valence-electron chi connectivity index (χ2n) is 3.38.